The van der Waals surface area contributed by atoms with Gasteiger partial charge in [0, 0.05) is 30.7 Å². The second kappa shape index (κ2) is 8.01. The molecule has 4 rings (SSSR count). The topological polar surface area (TPSA) is 62.3 Å². The van der Waals surface area contributed by atoms with Gasteiger partial charge in [0.1, 0.15) is 0 Å². The Bertz CT molecular complexity index is 1110. The molecule has 1 N–H and O–H groups in total. The fraction of sp³-hybridized carbons (Fsp3) is 0.250. The molecule has 1 aliphatic rings. The highest BCUT2D eigenvalue weighted by Gasteiger charge is 2.31. The Kier molecular flexibility index (Phi) is 5.56. The van der Waals surface area contributed by atoms with Crippen LogP contribution in [-0.4, -0.2) is 32.5 Å². The molecule has 10 heteroatoms. The maximum atomic E-state index is 12.9. The van der Waals surface area contributed by atoms with Crippen LogP contribution in [0.1, 0.15) is 12.0 Å². The third kappa shape index (κ3) is 4.50. The monoisotopic (exact) mass is 453 g/mol. The number of sulfonamides is 1. The van der Waals surface area contributed by atoms with Crippen LogP contribution in [0.4, 0.5) is 18.3 Å². The van der Waals surface area contributed by atoms with Gasteiger partial charge in [-0.3, -0.25) is 0 Å². The maximum absolute atomic E-state index is 12.9. The number of aromatic nitrogens is 1. The zero-order chi connectivity index (χ0) is 21.4. The second-order valence-electron chi connectivity index (χ2n) is 6.97. The quantitative estimate of drug-likeness (QED) is 0.623. The highest BCUT2D eigenvalue weighted by molar-refractivity contribution is 7.89. The number of anilines is 1. The first-order chi connectivity index (χ1) is 14.2. The van der Waals surface area contributed by atoms with Crippen molar-refractivity contribution in [2.75, 3.05) is 18.0 Å². The molecule has 1 aromatic heterocycles. The van der Waals surface area contributed by atoms with E-state index in [0.29, 0.717) is 24.1 Å². The van der Waals surface area contributed by atoms with Crippen LogP contribution in [0.2, 0.25) is 0 Å². The van der Waals surface area contributed by atoms with E-state index in [1.165, 1.54) is 41.7 Å². The molecule has 0 bridgehead atoms. The van der Waals surface area contributed by atoms with E-state index in [9.17, 15) is 21.6 Å². The van der Waals surface area contributed by atoms with Crippen LogP contribution >= 0.6 is 11.3 Å². The molecule has 5 nitrogen and oxygen atoms in total. The molecule has 30 heavy (non-hydrogen) atoms. The summed E-state index contributed by atoms with van der Waals surface area (Å²) >= 11 is 1.51. The summed E-state index contributed by atoms with van der Waals surface area (Å²) in [6.45, 7) is 1.25. The molecular weight excluding hydrogens is 435 g/mol. The van der Waals surface area contributed by atoms with Gasteiger partial charge < -0.3 is 4.90 Å². The largest absolute Gasteiger partial charge is 0.416 e. The summed E-state index contributed by atoms with van der Waals surface area (Å²) in [5.41, 5.74) is 0.136. The second-order valence-corrected chi connectivity index (χ2v) is 9.56. The van der Waals surface area contributed by atoms with Crippen molar-refractivity contribution in [1.82, 2.24) is 9.71 Å². The molecule has 0 aliphatic carbocycles. The Morgan fingerprint density at radius 3 is 2.53 bits per heavy atom. The normalized spacial score (nSPS) is 17.4. The molecule has 0 radical (unpaired) electrons. The van der Waals surface area contributed by atoms with Gasteiger partial charge >= 0.3 is 6.18 Å². The van der Waals surface area contributed by atoms with E-state index in [1.807, 2.05) is 10.3 Å². The fourth-order valence-corrected chi connectivity index (χ4v) is 5.33. The summed E-state index contributed by atoms with van der Waals surface area (Å²) in [4.78, 5) is 6.36. The standard InChI is InChI=1S/C20H18F3N3O2S2/c21-20(22,23)16-3-1-2-15(12-16)14-4-6-18(7-5-14)30(27,28)25-17-8-10-26(13-17)19-24-9-11-29-19/h1-7,9,11-12,17,25H,8,10,13H2. The lowest BCUT2D eigenvalue weighted by Gasteiger charge is -2.16. The van der Waals surface area contributed by atoms with Gasteiger partial charge in [-0.25, -0.2) is 18.1 Å². The highest BCUT2D eigenvalue weighted by Crippen LogP contribution is 2.32. The van der Waals surface area contributed by atoms with Gasteiger partial charge in [-0.1, -0.05) is 24.3 Å². The smallest absolute Gasteiger partial charge is 0.346 e. The highest BCUT2D eigenvalue weighted by atomic mass is 32.2. The molecule has 1 saturated heterocycles. The summed E-state index contributed by atoms with van der Waals surface area (Å²) < 4.78 is 66.9. The Morgan fingerprint density at radius 1 is 1.10 bits per heavy atom. The van der Waals surface area contributed by atoms with Crippen LogP contribution in [-0.2, 0) is 16.2 Å². The van der Waals surface area contributed by atoms with Crippen molar-refractivity contribution in [3.8, 4) is 11.1 Å². The van der Waals surface area contributed by atoms with Crippen molar-refractivity contribution < 1.29 is 21.6 Å². The number of halogens is 3. The van der Waals surface area contributed by atoms with Crippen molar-refractivity contribution in [1.29, 1.82) is 0 Å². The van der Waals surface area contributed by atoms with Crippen LogP contribution in [0.15, 0.2) is 65.0 Å². The lowest BCUT2D eigenvalue weighted by molar-refractivity contribution is -0.137. The number of alkyl halides is 3. The number of rotatable bonds is 5. The van der Waals surface area contributed by atoms with E-state index >= 15 is 0 Å². The molecule has 1 aliphatic heterocycles. The first-order valence-electron chi connectivity index (χ1n) is 9.17. The fourth-order valence-electron chi connectivity index (χ4n) is 3.39. The van der Waals surface area contributed by atoms with Crippen LogP contribution in [0.3, 0.4) is 0 Å². The van der Waals surface area contributed by atoms with E-state index in [4.69, 9.17) is 0 Å². The molecule has 2 heterocycles. The molecule has 0 saturated carbocycles. The third-order valence-electron chi connectivity index (χ3n) is 4.89. The van der Waals surface area contributed by atoms with Crippen molar-refractivity contribution in [2.24, 2.45) is 0 Å². The molecule has 0 amide bonds. The Hall–Kier alpha value is -2.43. The SMILES string of the molecule is O=S(=O)(NC1CCN(c2nccs2)C1)c1ccc(-c2cccc(C(F)(F)F)c2)cc1. The predicted molar refractivity (Wildman–Crippen MR) is 110 cm³/mol. The van der Waals surface area contributed by atoms with Crippen LogP contribution in [0, 0.1) is 0 Å². The zero-order valence-corrected chi connectivity index (χ0v) is 17.3. The van der Waals surface area contributed by atoms with Crippen molar-refractivity contribution in [2.45, 2.75) is 23.5 Å². The van der Waals surface area contributed by atoms with Crippen molar-refractivity contribution >= 4 is 26.5 Å². The molecule has 0 spiro atoms. The summed E-state index contributed by atoms with van der Waals surface area (Å²) in [5, 5.41) is 2.74. The molecule has 2 aromatic carbocycles. The lowest BCUT2D eigenvalue weighted by Crippen LogP contribution is -2.37. The van der Waals surface area contributed by atoms with Gasteiger partial charge in [-0.05, 0) is 41.8 Å². The number of nitrogens with zero attached hydrogens (tertiary/aromatic N) is 2. The summed E-state index contributed by atoms with van der Waals surface area (Å²) in [7, 11) is -3.74. The minimum atomic E-state index is -4.43. The third-order valence-corrected chi connectivity index (χ3v) is 7.26. The van der Waals surface area contributed by atoms with Gasteiger partial charge in [0.05, 0.1) is 10.5 Å². The maximum Gasteiger partial charge on any atom is 0.416 e. The number of benzene rings is 2. The summed E-state index contributed by atoms with van der Waals surface area (Å²) in [5.74, 6) is 0. The molecule has 3 aromatic rings. The Labute approximate surface area is 176 Å². The molecular formula is C20H18F3N3O2S2. The van der Waals surface area contributed by atoms with E-state index < -0.39 is 21.8 Å². The van der Waals surface area contributed by atoms with Crippen molar-refractivity contribution in [3.05, 3.63) is 65.7 Å². The number of hydrogen-bond acceptors (Lipinski definition) is 5. The lowest BCUT2D eigenvalue weighted by atomic mass is 10.0. The average molecular weight is 454 g/mol. The zero-order valence-electron chi connectivity index (χ0n) is 15.6. The summed E-state index contributed by atoms with van der Waals surface area (Å²) in [6.07, 6.45) is -2.05. The first-order valence-corrected chi connectivity index (χ1v) is 11.5. The van der Waals surface area contributed by atoms with Crippen molar-refractivity contribution in [3.63, 3.8) is 0 Å². The molecule has 1 fully saturated rings. The number of thiazole rings is 1. The van der Waals surface area contributed by atoms with Gasteiger partial charge in [0.2, 0.25) is 10.0 Å². The molecule has 158 valence electrons. The first kappa shape index (κ1) is 20.8. The number of hydrogen-bond donors (Lipinski definition) is 1. The Balaban J connectivity index is 1.47. The minimum absolute atomic E-state index is 0.0749. The average Bonchev–Trinajstić information content (AvgIpc) is 3.39. The van der Waals surface area contributed by atoms with Crippen LogP contribution in [0.25, 0.3) is 11.1 Å². The van der Waals surface area contributed by atoms with Gasteiger partial charge in [0.25, 0.3) is 0 Å². The van der Waals surface area contributed by atoms with Gasteiger partial charge in [-0.15, -0.1) is 11.3 Å². The Morgan fingerprint density at radius 2 is 1.87 bits per heavy atom. The van der Waals surface area contributed by atoms with Crippen LogP contribution in [0.5, 0.6) is 0 Å². The molecule has 1 unspecified atom stereocenters. The van der Waals surface area contributed by atoms with Gasteiger partial charge in [0.15, 0.2) is 5.13 Å². The van der Waals surface area contributed by atoms with E-state index in [1.54, 1.807) is 12.3 Å². The minimum Gasteiger partial charge on any atom is -0.346 e. The van der Waals surface area contributed by atoms with E-state index in [0.717, 1.165) is 23.8 Å². The van der Waals surface area contributed by atoms with Crippen LogP contribution < -0.4 is 9.62 Å². The van der Waals surface area contributed by atoms with E-state index in [-0.39, 0.29) is 10.9 Å². The van der Waals surface area contributed by atoms with Gasteiger partial charge in [-0.2, -0.15) is 13.2 Å². The predicted octanol–water partition coefficient (Wildman–Crippen LogP) is 4.39. The summed E-state index contributed by atoms with van der Waals surface area (Å²) in [6, 6.07) is 10.6. The number of nitrogens with one attached hydrogen (secondary N) is 1. The van der Waals surface area contributed by atoms with E-state index in [2.05, 4.69) is 9.71 Å². The molecule has 1 atom stereocenters.